The average Bonchev–Trinajstić information content (AvgIpc) is 2.85. The lowest BCUT2D eigenvalue weighted by Gasteiger charge is -2.41. The molecular weight excluding hydrogens is 582 g/mol. The van der Waals surface area contributed by atoms with E-state index in [9.17, 15) is 32.1 Å². The van der Waals surface area contributed by atoms with Crippen LogP contribution < -0.4 is 4.31 Å². The van der Waals surface area contributed by atoms with Gasteiger partial charge < -0.3 is 14.7 Å². The monoisotopic (exact) mass is 609 g/mol. The number of hydrogen-bond acceptors (Lipinski definition) is 5. The number of carbonyl (C=O) groups excluding carboxylic acids is 2. The molecule has 1 N–H and O–H groups in total. The lowest BCUT2D eigenvalue weighted by atomic mass is 10.1. The summed E-state index contributed by atoms with van der Waals surface area (Å²) in [7, 11) is -2.15. The fourth-order valence-corrected chi connectivity index (χ4v) is 5.39. The van der Waals surface area contributed by atoms with Crippen LogP contribution in [0.25, 0.3) is 0 Å². The molecule has 1 aliphatic heterocycles. The number of aliphatic hydroxyl groups is 1. The van der Waals surface area contributed by atoms with Crippen LogP contribution in [0.3, 0.4) is 0 Å². The Bertz CT molecular complexity index is 1220. The maximum absolute atomic E-state index is 13.6. The zero-order chi connectivity index (χ0) is 29.1. The molecule has 0 radical (unpaired) electrons. The Hall–Kier alpha value is -2.54. The van der Waals surface area contributed by atoms with Gasteiger partial charge in [-0.2, -0.15) is 13.2 Å². The highest BCUT2D eigenvalue weighted by molar-refractivity contribution is 7.86. The van der Waals surface area contributed by atoms with Crippen LogP contribution in [0.5, 0.6) is 0 Å². The molecule has 1 fully saturated rings. The van der Waals surface area contributed by atoms with Crippen LogP contribution in [0.4, 0.5) is 23.7 Å². The molecule has 2 unspecified atom stereocenters. The van der Waals surface area contributed by atoms with Crippen molar-refractivity contribution in [2.75, 3.05) is 37.1 Å². The minimum Gasteiger partial charge on any atom is -0.444 e. The van der Waals surface area contributed by atoms with E-state index in [1.54, 1.807) is 20.8 Å². The van der Waals surface area contributed by atoms with Crippen molar-refractivity contribution in [2.24, 2.45) is 0 Å². The van der Waals surface area contributed by atoms with E-state index in [4.69, 9.17) is 27.9 Å². The molecule has 0 aliphatic carbocycles. The first-order valence-electron chi connectivity index (χ1n) is 11.8. The Kier molecular flexibility index (Phi) is 9.79. The highest BCUT2D eigenvalue weighted by Crippen LogP contribution is 2.37. The first-order chi connectivity index (χ1) is 18.1. The number of amides is 2. The Morgan fingerprint density at radius 2 is 1.74 bits per heavy atom. The lowest BCUT2D eigenvalue weighted by Crippen LogP contribution is -2.59. The van der Waals surface area contributed by atoms with Crippen molar-refractivity contribution < 1.29 is 36.8 Å². The van der Waals surface area contributed by atoms with Gasteiger partial charge in [-0.3, -0.25) is 14.0 Å². The van der Waals surface area contributed by atoms with Crippen LogP contribution in [0.15, 0.2) is 47.4 Å². The zero-order valence-electron chi connectivity index (χ0n) is 21.4. The summed E-state index contributed by atoms with van der Waals surface area (Å²) in [5, 5.41) is 10.1. The largest absolute Gasteiger partial charge is 0.444 e. The number of carbonyl (C=O) groups is 2. The molecule has 3 rings (SSSR count). The topological polar surface area (TPSA) is 90.4 Å². The van der Waals surface area contributed by atoms with Gasteiger partial charge in [0.2, 0.25) is 5.91 Å². The Morgan fingerprint density at radius 1 is 1.10 bits per heavy atom. The minimum atomic E-state index is -4.71. The van der Waals surface area contributed by atoms with Crippen LogP contribution in [0, 0.1) is 0 Å². The van der Waals surface area contributed by atoms with Crippen molar-refractivity contribution in [3.63, 3.8) is 0 Å². The number of anilines is 1. The third-order valence-electron chi connectivity index (χ3n) is 5.71. The molecular formula is C25H28Cl2F3N3O5S. The van der Waals surface area contributed by atoms with Gasteiger partial charge in [-0.25, -0.2) is 9.00 Å². The molecule has 2 aromatic rings. The van der Waals surface area contributed by atoms with Crippen molar-refractivity contribution in [2.45, 2.75) is 43.5 Å². The summed E-state index contributed by atoms with van der Waals surface area (Å²) >= 11 is 12.2. The lowest BCUT2D eigenvalue weighted by molar-refractivity contribution is -0.137. The molecule has 8 nitrogen and oxygen atoms in total. The summed E-state index contributed by atoms with van der Waals surface area (Å²) in [5.74, 6) is -0.590. The second-order valence-corrected chi connectivity index (χ2v) is 12.0. The van der Waals surface area contributed by atoms with E-state index in [0.29, 0.717) is 5.02 Å². The molecule has 214 valence electrons. The molecule has 0 saturated carbocycles. The van der Waals surface area contributed by atoms with E-state index in [-0.39, 0.29) is 35.2 Å². The highest BCUT2D eigenvalue weighted by atomic mass is 35.5. The van der Waals surface area contributed by atoms with E-state index < -0.39 is 59.5 Å². The maximum Gasteiger partial charge on any atom is 0.416 e. The van der Waals surface area contributed by atoms with Crippen LogP contribution in [0.1, 0.15) is 26.3 Å². The van der Waals surface area contributed by atoms with E-state index in [1.807, 2.05) is 0 Å². The summed E-state index contributed by atoms with van der Waals surface area (Å²) in [4.78, 5) is 28.8. The van der Waals surface area contributed by atoms with Gasteiger partial charge >= 0.3 is 12.3 Å². The minimum absolute atomic E-state index is 0.0521. The predicted octanol–water partition coefficient (Wildman–Crippen LogP) is 4.98. The summed E-state index contributed by atoms with van der Waals surface area (Å²) in [6.07, 6.45) is -5.35. The normalized spacial score (nSPS) is 17.1. The van der Waals surface area contributed by atoms with Crippen molar-refractivity contribution in [1.29, 1.82) is 0 Å². The molecule has 14 heteroatoms. The third kappa shape index (κ3) is 8.00. The molecule has 2 aromatic carbocycles. The SMILES string of the molecule is CC(C)(C)OC(=O)N1CCN(C(=O)CN(c2cc(C(F)(F)F)ccc2Cl)S(=O)c2ccc(Cl)cc2)CC1CO. The van der Waals surface area contributed by atoms with Gasteiger partial charge in [0, 0.05) is 24.7 Å². The van der Waals surface area contributed by atoms with E-state index >= 15 is 0 Å². The fourth-order valence-electron chi connectivity index (χ4n) is 3.81. The van der Waals surface area contributed by atoms with Crippen molar-refractivity contribution >= 4 is 51.9 Å². The quantitative estimate of drug-likeness (QED) is 0.499. The van der Waals surface area contributed by atoms with Gasteiger partial charge in [-0.05, 0) is 63.2 Å². The number of benzene rings is 2. The van der Waals surface area contributed by atoms with E-state index in [2.05, 4.69) is 0 Å². The molecule has 2 amide bonds. The second kappa shape index (κ2) is 12.3. The number of rotatable bonds is 6. The fraction of sp³-hybridized carbons (Fsp3) is 0.440. The zero-order valence-corrected chi connectivity index (χ0v) is 23.7. The summed E-state index contributed by atoms with van der Waals surface area (Å²) in [6.45, 7) is 4.10. The van der Waals surface area contributed by atoms with Gasteiger partial charge in [0.15, 0.2) is 11.0 Å². The summed E-state index contributed by atoms with van der Waals surface area (Å²) < 4.78 is 60.4. The molecule has 1 aliphatic rings. The van der Waals surface area contributed by atoms with Crippen LogP contribution in [-0.2, 0) is 26.7 Å². The van der Waals surface area contributed by atoms with Crippen molar-refractivity contribution in [1.82, 2.24) is 9.80 Å². The number of hydrogen-bond donors (Lipinski definition) is 1. The van der Waals surface area contributed by atoms with Crippen molar-refractivity contribution in [3.05, 3.63) is 58.1 Å². The van der Waals surface area contributed by atoms with Gasteiger partial charge in [0.05, 0.1) is 33.8 Å². The number of piperazine rings is 1. The van der Waals surface area contributed by atoms with Crippen LogP contribution in [0.2, 0.25) is 10.0 Å². The van der Waals surface area contributed by atoms with Gasteiger partial charge in [-0.1, -0.05) is 23.2 Å². The molecule has 1 saturated heterocycles. The number of ether oxygens (including phenoxy) is 1. The number of nitrogens with zero attached hydrogens (tertiary/aromatic N) is 3. The van der Waals surface area contributed by atoms with Crippen LogP contribution >= 0.6 is 23.2 Å². The molecule has 39 heavy (non-hydrogen) atoms. The predicted molar refractivity (Wildman–Crippen MR) is 142 cm³/mol. The first-order valence-corrected chi connectivity index (χ1v) is 13.7. The smallest absolute Gasteiger partial charge is 0.416 e. The van der Waals surface area contributed by atoms with E-state index in [1.165, 1.54) is 34.1 Å². The molecule has 0 aromatic heterocycles. The third-order valence-corrected chi connectivity index (χ3v) is 7.68. The molecule has 2 atom stereocenters. The van der Waals surface area contributed by atoms with Gasteiger partial charge in [0.25, 0.3) is 0 Å². The molecule has 1 heterocycles. The maximum atomic E-state index is 13.6. The van der Waals surface area contributed by atoms with Gasteiger partial charge in [0.1, 0.15) is 12.1 Å². The van der Waals surface area contributed by atoms with Crippen LogP contribution in [-0.4, -0.2) is 75.5 Å². The highest BCUT2D eigenvalue weighted by Gasteiger charge is 2.36. The number of halogens is 5. The summed E-state index contributed by atoms with van der Waals surface area (Å²) in [6, 6.07) is 7.56. The average molecular weight is 610 g/mol. The Morgan fingerprint density at radius 3 is 2.31 bits per heavy atom. The number of alkyl halides is 3. The standard InChI is InChI=1S/C25H28Cl2F3N3O5S/c1-24(2,3)38-23(36)32-11-10-31(13-18(32)15-34)22(35)14-33(39(37)19-7-5-17(26)6-8-19)21-12-16(25(28,29)30)4-9-20(21)27/h4-9,12,18,34H,10-11,13-15H2,1-3H3. The molecule has 0 spiro atoms. The number of aliphatic hydroxyl groups excluding tert-OH is 1. The molecule has 0 bridgehead atoms. The van der Waals surface area contributed by atoms with Gasteiger partial charge in [-0.15, -0.1) is 0 Å². The Balaban J connectivity index is 1.89. The van der Waals surface area contributed by atoms with Crippen molar-refractivity contribution in [3.8, 4) is 0 Å². The Labute approximate surface area is 236 Å². The second-order valence-electron chi connectivity index (χ2n) is 9.75. The summed E-state index contributed by atoms with van der Waals surface area (Å²) in [5.41, 5.74) is -2.04. The first kappa shape index (κ1) is 31.0. The van der Waals surface area contributed by atoms with E-state index in [0.717, 1.165) is 22.5 Å².